The standard InChI is InChI=1S/C13H18O5/c1-8-10(15-2)6-9(7-11(14)16-3)13(18-5)12(8)17-4/h6H,7H2,1-5H3. The highest BCUT2D eigenvalue weighted by Gasteiger charge is 2.19. The maximum atomic E-state index is 11.4. The average molecular weight is 254 g/mol. The second-order valence-electron chi connectivity index (χ2n) is 3.68. The van der Waals surface area contributed by atoms with Gasteiger partial charge in [0.2, 0.25) is 0 Å². The largest absolute Gasteiger partial charge is 0.496 e. The topological polar surface area (TPSA) is 54.0 Å². The third-order valence-electron chi connectivity index (χ3n) is 2.70. The molecule has 18 heavy (non-hydrogen) atoms. The Morgan fingerprint density at radius 3 is 2.11 bits per heavy atom. The zero-order chi connectivity index (χ0) is 13.7. The van der Waals surface area contributed by atoms with Gasteiger partial charge < -0.3 is 18.9 Å². The molecular formula is C13H18O5. The van der Waals surface area contributed by atoms with Crippen molar-refractivity contribution in [2.45, 2.75) is 13.3 Å². The number of carbonyl (C=O) groups excluding carboxylic acids is 1. The fourth-order valence-electron chi connectivity index (χ4n) is 1.80. The minimum atomic E-state index is -0.346. The first-order valence-electron chi connectivity index (χ1n) is 5.44. The molecule has 5 heteroatoms. The van der Waals surface area contributed by atoms with Gasteiger partial charge in [-0.1, -0.05) is 0 Å². The SMILES string of the molecule is COC(=O)Cc1cc(OC)c(C)c(OC)c1OC. The average Bonchev–Trinajstić information content (AvgIpc) is 2.39. The van der Waals surface area contributed by atoms with Crippen molar-refractivity contribution >= 4 is 5.97 Å². The third kappa shape index (κ3) is 2.67. The molecule has 0 amide bonds. The van der Waals surface area contributed by atoms with Gasteiger partial charge in [-0.15, -0.1) is 0 Å². The van der Waals surface area contributed by atoms with Gasteiger partial charge in [0.15, 0.2) is 11.5 Å². The van der Waals surface area contributed by atoms with Crippen LogP contribution in [0.25, 0.3) is 0 Å². The van der Waals surface area contributed by atoms with Gasteiger partial charge in [0, 0.05) is 11.1 Å². The van der Waals surface area contributed by atoms with E-state index in [0.717, 1.165) is 5.56 Å². The number of hydrogen-bond donors (Lipinski definition) is 0. The summed E-state index contributed by atoms with van der Waals surface area (Å²) < 4.78 is 20.5. The number of esters is 1. The molecule has 5 nitrogen and oxygen atoms in total. The summed E-state index contributed by atoms with van der Waals surface area (Å²) in [6.45, 7) is 1.86. The van der Waals surface area contributed by atoms with Gasteiger partial charge in [-0.2, -0.15) is 0 Å². The van der Waals surface area contributed by atoms with Crippen molar-refractivity contribution in [3.8, 4) is 17.2 Å². The second-order valence-corrected chi connectivity index (χ2v) is 3.68. The quantitative estimate of drug-likeness (QED) is 0.749. The molecular weight excluding hydrogens is 236 g/mol. The van der Waals surface area contributed by atoms with Crippen LogP contribution in [0.4, 0.5) is 0 Å². The Morgan fingerprint density at radius 2 is 1.67 bits per heavy atom. The van der Waals surface area contributed by atoms with Crippen molar-refractivity contribution in [3.05, 3.63) is 17.2 Å². The van der Waals surface area contributed by atoms with E-state index >= 15 is 0 Å². The molecule has 0 saturated heterocycles. The monoisotopic (exact) mass is 254 g/mol. The van der Waals surface area contributed by atoms with Crippen LogP contribution in [-0.4, -0.2) is 34.4 Å². The molecule has 0 N–H and O–H groups in total. The molecule has 0 saturated carbocycles. The van der Waals surface area contributed by atoms with Gasteiger partial charge in [0.1, 0.15) is 5.75 Å². The summed E-state index contributed by atoms with van der Waals surface area (Å²) in [5.74, 6) is 1.39. The van der Waals surface area contributed by atoms with Crippen LogP contribution in [0.3, 0.4) is 0 Å². The fraction of sp³-hybridized carbons (Fsp3) is 0.462. The molecule has 0 aromatic heterocycles. The Bertz CT molecular complexity index is 439. The molecule has 0 unspecified atom stereocenters. The third-order valence-corrected chi connectivity index (χ3v) is 2.70. The lowest BCUT2D eigenvalue weighted by Gasteiger charge is -2.17. The van der Waals surface area contributed by atoms with Crippen LogP contribution < -0.4 is 14.2 Å². The predicted octanol–water partition coefficient (Wildman–Crippen LogP) is 1.74. The molecule has 100 valence electrons. The first kappa shape index (κ1) is 14.2. The van der Waals surface area contributed by atoms with Gasteiger partial charge in [-0.05, 0) is 13.0 Å². The molecule has 1 aromatic carbocycles. The van der Waals surface area contributed by atoms with Crippen molar-refractivity contribution < 1.29 is 23.7 Å². The van der Waals surface area contributed by atoms with E-state index < -0.39 is 0 Å². The molecule has 0 radical (unpaired) electrons. The highest BCUT2D eigenvalue weighted by Crippen LogP contribution is 2.40. The van der Waals surface area contributed by atoms with E-state index in [1.54, 1.807) is 20.3 Å². The Labute approximate surface area is 107 Å². The van der Waals surface area contributed by atoms with Crippen molar-refractivity contribution in [2.24, 2.45) is 0 Å². The molecule has 0 fully saturated rings. The van der Waals surface area contributed by atoms with E-state index in [4.69, 9.17) is 14.2 Å². The lowest BCUT2D eigenvalue weighted by atomic mass is 10.1. The predicted molar refractivity (Wildman–Crippen MR) is 66.6 cm³/mol. The minimum Gasteiger partial charge on any atom is -0.496 e. The maximum absolute atomic E-state index is 11.4. The van der Waals surface area contributed by atoms with Gasteiger partial charge in [-0.25, -0.2) is 0 Å². The number of hydrogen-bond acceptors (Lipinski definition) is 5. The van der Waals surface area contributed by atoms with Crippen LogP contribution in [0.5, 0.6) is 17.2 Å². The summed E-state index contributed by atoms with van der Waals surface area (Å²) in [5, 5.41) is 0. The lowest BCUT2D eigenvalue weighted by Crippen LogP contribution is -2.08. The Balaban J connectivity index is 3.34. The van der Waals surface area contributed by atoms with Gasteiger partial charge in [0.05, 0.1) is 34.9 Å². The minimum absolute atomic E-state index is 0.104. The van der Waals surface area contributed by atoms with E-state index in [2.05, 4.69) is 4.74 Å². The smallest absolute Gasteiger partial charge is 0.310 e. The number of benzene rings is 1. The normalized spacial score (nSPS) is 9.83. The highest BCUT2D eigenvalue weighted by molar-refractivity contribution is 5.75. The molecule has 0 bridgehead atoms. The van der Waals surface area contributed by atoms with Crippen LogP contribution in [0, 0.1) is 6.92 Å². The number of carbonyl (C=O) groups is 1. The molecule has 0 heterocycles. The maximum Gasteiger partial charge on any atom is 0.310 e. The molecule has 0 aliphatic heterocycles. The Hall–Kier alpha value is -1.91. The summed E-state index contributed by atoms with van der Waals surface area (Å²) in [6.07, 6.45) is 0.104. The Morgan fingerprint density at radius 1 is 1.06 bits per heavy atom. The van der Waals surface area contributed by atoms with Crippen molar-refractivity contribution in [1.82, 2.24) is 0 Å². The van der Waals surface area contributed by atoms with Crippen LogP contribution >= 0.6 is 0 Å². The second kappa shape index (κ2) is 6.14. The first-order valence-corrected chi connectivity index (χ1v) is 5.44. The molecule has 0 aliphatic carbocycles. The number of methoxy groups -OCH3 is 4. The van der Waals surface area contributed by atoms with E-state index in [1.165, 1.54) is 14.2 Å². The van der Waals surface area contributed by atoms with Crippen molar-refractivity contribution in [1.29, 1.82) is 0 Å². The van der Waals surface area contributed by atoms with E-state index in [-0.39, 0.29) is 12.4 Å². The fourth-order valence-corrected chi connectivity index (χ4v) is 1.80. The van der Waals surface area contributed by atoms with Crippen LogP contribution in [-0.2, 0) is 16.0 Å². The first-order chi connectivity index (χ1) is 8.58. The number of rotatable bonds is 5. The summed E-state index contributed by atoms with van der Waals surface area (Å²) >= 11 is 0. The molecule has 0 atom stereocenters. The summed E-state index contributed by atoms with van der Waals surface area (Å²) in [7, 11) is 5.99. The lowest BCUT2D eigenvalue weighted by molar-refractivity contribution is -0.139. The molecule has 0 aliphatic rings. The molecule has 0 spiro atoms. The molecule has 1 aromatic rings. The van der Waals surface area contributed by atoms with Crippen molar-refractivity contribution in [3.63, 3.8) is 0 Å². The van der Waals surface area contributed by atoms with E-state index in [1.807, 2.05) is 6.92 Å². The number of ether oxygens (including phenoxy) is 4. The highest BCUT2D eigenvalue weighted by atomic mass is 16.5. The van der Waals surface area contributed by atoms with Crippen LogP contribution in [0.15, 0.2) is 6.07 Å². The summed E-state index contributed by atoms with van der Waals surface area (Å²) in [5.41, 5.74) is 1.49. The van der Waals surface area contributed by atoms with Gasteiger partial charge in [0.25, 0.3) is 0 Å². The van der Waals surface area contributed by atoms with Crippen LogP contribution in [0.1, 0.15) is 11.1 Å². The summed E-state index contributed by atoms with van der Waals surface area (Å²) in [4.78, 5) is 11.4. The Kier molecular flexibility index (Phi) is 4.83. The zero-order valence-electron chi connectivity index (χ0n) is 11.3. The van der Waals surface area contributed by atoms with Crippen molar-refractivity contribution in [2.75, 3.05) is 28.4 Å². The summed E-state index contributed by atoms with van der Waals surface area (Å²) in [6, 6.07) is 1.76. The zero-order valence-corrected chi connectivity index (χ0v) is 11.3. The van der Waals surface area contributed by atoms with Gasteiger partial charge >= 0.3 is 5.97 Å². The van der Waals surface area contributed by atoms with Gasteiger partial charge in [-0.3, -0.25) is 4.79 Å². The molecule has 1 rings (SSSR count). The van der Waals surface area contributed by atoms with E-state index in [9.17, 15) is 4.79 Å². The van der Waals surface area contributed by atoms with E-state index in [0.29, 0.717) is 22.8 Å². The van der Waals surface area contributed by atoms with Crippen LogP contribution in [0.2, 0.25) is 0 Å².